The van der Waals surface area contributed by atoms with Crippen molar-refractivity contribution in [3.05, 3.63) is 94.9 Å². The summed E-state index contributed by atoms with van der Waals surface area (Å²) in [6, 6.07) is 21.8. The molecule has 0 fully saturated rings. The Labute approximate surface area is 237 Å². The number of aryl methyl sites for hydroxylation is 2. The van der Waals surface area contributed by atoms with E-state index in [2.05, 4.69) is 33.4 Å². The van der Waals surface area contributed by atoms with Crippen molar-refractivity contribution in [2.75, 3.05) is 10.0 Å². The van der Waals surface area contributed by atoms with Crippen LogP contribution in [0.2, 0.25) is 0 Å². The summed E-state index contributed by atoms with van der Waals surface area (Å²) in [5.41, 5.74) is 4.26. The number of benzene rings is 2. The Kier molecular flexibility index (Phi) is 7.91. The van der Waals surface area contributed by atoms with Crippen LogP contribution < -0.4 is 10.0 Å². The zero-order valence-corrected chi connectivity index (χ0v) is 23.6. The third-order valence-electron chi connectivity index (χ3n) is 6.70. The van der Waals surface area contributed by atoms with Gasteiger partial charge >= 0.3 is 0 Å². The molecule has 5 rings (SSSR count). The predicted octanol–water partition coefficient (Wildman–Crippen LogP) is 5.44. The molecule has 0 bridgehead atoms. The van der Waals surface area contributed by atoms with Crippen LogP contribution in [0.15, 0.2) is 81.2 Å². The molecule has 204 valence electrons. The van der Waals surface area contributed by atoms with Crippen molar-refractivity contribution in [3.63, 3.8) is 0 Å². The van der Waals surface area contributed by atoms with E-state index in [9.17, 15) is 18.5 Å². The molecule has 0 saturated heterocycles. The van der Waals surface area contributed by atoms with E-state index < -0.39 is 15.3 Å². The van der Waals surface area contributed by atoms with E-state index in [0.717, 1.165) is 30.5 Å². The molecular weight excluding hydrogens is 546 g/mol. The van der Waals surface area contributed by atoms with Crippen LogP contribution in [-0.4, -0.2) is 29.7 Å². The van der Waals surface area contributed by atoms with Crippen molar-refractivity contribution < 1.29 is 17.7 Å². The molecule has 2 aromatic carbocycles. The normalized spacial score (nSPS) is 15.5. The molecule has 0 radical (unpaired) electrons. The van der Waals surface area contributed by atoms with Gasteiger partial charge in [-0.1, -0.05) is 47.3 Å². The molecule has 0 spiro atoms. The molecule has 11 heteroatoms. The summed E-state index contributed by atoms with van der Waals surface area (Å²) in [4.78, 5) is 17.7. The van der Waals surface area contributed by atoms with Gasteiger partial charge in [0.1, 0.15) is 16.9 Å². The summed E-state index contributed by atoms with van der Waals surface area (Å²) in [6.45, 7) is 3.40. The summed E-state index contributed by atoms with van der Waals surface area (Å²) in [6.07, 6.45) is 2.63. The van der Waals surface area contributed by atoms with E-state index >= 15 is 0 Å². The van der Waals surface area contributed by atoms with E-state index in [0.29, 0.717) is 28.0 Å². The number of carbonyl (C=O) groups is 1. The average molecular weight is 574 g/mol. The molecular formula is C29H27N5O4S2. The third kappa shape index (κ3) is 6.19. The lowest BCUT2D eigenvalue weighted by Crippen LogP contribution is -2.23. The van der Waals surface area contributed by atoms with Gasteiger partial charge < -0.3 is 9.84 Å². The molecule has 2 unspecified atom stereocenters. The number of hydrogen-bond acceptors (Lipinski definition) is 8. The quantitative estimate of drug-likeness (QED) is 0.266. The highest BCUT2D eigenvalue weighted by molar-refractivity contribution is 8.00. The lowest BCUT2D eigenvalue weighted by Gasteiger charge is -2.25. The summed E-state index contributed by atoms with van der Waals surface area (Å²) < 4.78 is 32.4. The van der Waals surface area contributed by atoms with Crippen LogP contribution in [0, 0.1) is 18.3 Å². The highest BCUT2D eigenvalue weighted by Crippen LogP contribution is 2.35. The lowest BCUT2D eigenvalue weighted by molar-refractivity contribution is -0.115. The highest BCUT2D eigenvalue weighted by atomic mass is 32.2. The molecule has 0 saturated carbocycles. The Morgan fingerprint density at radius 3 is 2.58 bits per heavy atom. The number of sulfonamides is 1. The zero-order valence-electron chi connectivity index (χ0n) is 21.9. The summed E-state index contributed by atoms with van der Waals surface area (Å²) in [5, 5.41) is 16.2. The van der Waals surface area contributed by atoms with E-state index in [-0.39, 0.29) is 16.6 Å². The number of nitrogens with zero attached hydrogens (tertiary/aromatic N) is 3. The molecule has 40 heavy (non-hydrogen) atoms. The fraction of sp³-hybridized carbons (Fsp3) is 0.241. The van der Waals surface area contributed by atoms with E-state index in [1.54, 1.807) is 13.8 Å². The number of hydrogen-bond donors (Lipinski definition) is 2. The molecule has 1 amide bonds. The Balaban J connectivity index is 1.23. The fourth-order valence-electron chi connectivity index (χ4n) is 4.62. The first-order valence-electron chi connectivity index (χ1n) is 12.7. The van der Waals surface area contributed by atoms with Gasteiger partial charge in [-0.3, -0.25) is 9.52 Å². The number of nitriles is 1. The molecule has 2 aromatic heterocycles. The fourth-order valence-corrected chi connectivity index (χ4v) is 6.50. The van der Waals surface area contributed by atoms with Crippen LogP contribution in [0.3, 0.4) is 0 Å². The van der Waals surface area contributed by atoms with Crippen LogP contribution >= 0.6 is 11.8 Å². The number of fused-ring (bicyclic) bond motifs is 1. The molecule has 0 aliphatic heterocycles. The number of carbonyl (C=O) groups excluding carboxylic acids is 1. The zero-order chi connectivity index (χ0) is 28.3. The van der Waals surface area contributed by atoms with Crippen LogP contribution in [-0.2, 0) is 27.7 Å². The van der Waals surface area contributed by atoms with Crippen LogP contribution in [0.25, 0.3) is 0 Å². The van der Waals surface area contributed by atoms with Gasteiger partial charge in [-0.05, 0) is 80.5 Å². The second-order valence-corrected chi connectivity index (χ2v) is 12.6. The number of rotatable bonds is 8. The first kappa shape index (κ1) is 27.4. The molecule has 9 nitrogen and oxygen atoms in total. The van der Waals surface area contributed by atoms with Crippen molar-refractivity contribution in [1.29, 1.82) is 5.26 Å². The number of thioether (sulfide) groups is 1. The monoisotopic (exact) mass is 573 g/mol. The van der Waals surface area contributed by atoms with Gasteiger partial charge in [-0.15, -0.1) is 0 Å². The van der Waals surface area contributed by atoms with Gasteiger partial charge in [-0.25, -0.2) is 13.4 Å². The van der Waals surface area contributed by atoms with Crippen molar-refractivity contribution in [1.82, 2.24) is 10.1 Å². The molecule has 2 heterocycles. The molecule has 2 N–H and O–H groups in total. The third-order valence-corrected chi connectivity index (χ3v) is 9.17. The van der Waals surface area contributed by atoms with Gasteiger partial charge in [-0.2, -0.15) is 5.26 Å². The van der Waals surface area contributed by atoms with Crippen LogP contribution in [0.4, 0.5) is 11.5 Å². The lowest BCUT2D eigenvalue weighted by atomic mass is 9.82. The Bertz CT molecular complexity index is 1680. The minimum atomic E-state index is -3.87. The Morgan fingerprint density at radius 1 is 1.15 bits per heavy atom. The second kappa shape index (κ2) is 11.5. The van der Waals surface area contributed by atoms with Crippen LogP contribution in [0.1, 0.15) is 47.4 Å². The summed E-state index contributed by atoms with van der Waals surface area (Å²) >= 11 is 1.24. The van der Waals surface area contributed by atoms with Gasteiger partial charge in [0.05, 0.1) is 15.7 Å². The minimum Gasteiger partial charge on any atom is -0.360 e. The van der Waals surface area contributed by atoms with E-state index in [1.807, 2.05) is 24.3 Å². The number of pyridine rings is 1. The Morgan fingerprint density at radius 2 is 1.90 bits per heavy atom. The first-order valence-corrected chi connectivity index (χ1v) is 15.1. The van der Waals surface area contributed by atoms with Crippen molar-refractivity contribution in [2.24, 2.45) is 0 Å². The summed E-state index contributed by atoms with van der Waals surface area (Å²) in [7, 11) is -3.87. The largest absolute Gasteiger partial charge is 0.360 e. The van der Waals surface area contributed by atoms with E-state index in [1.165, 1.54) is 47.7 Å². The maximum atomic E-state index is 12.9. The van der Waals surface area contributed by atoms with Crippen molar-refractivity contribution in [3.8, 4) is 6.07 Å². The van der Waals surface area contributed by atoms with Crippen LogP contribution in [0.5, 0.6) is 0 Å². The maximum absolute atomic E-state index is 12.9. The maximum Gasteiger partial charge on any atom is 0.263 e. The number of amides is 1. The van der Waals surface area contributed by atoms with Crippen molar-refractivity contribution in [2.45, 2.75) is 54.2 Å². The molecule has 4 aromatic rings. The topological polar surface area (TPSA) is 138 Å². The molecule has 1 aliphatic carbocycles. The second-order valence-electron chi connectivity index (χ2n) is 9.61. The SMILES string of the molecule is Cc1cc(NS(=O)(=O)c2ccc(NC(=O)C(C)Sc3nc4c(cc3C#N)CC(c3ccccc3)CC4)cc2)no1. The van der Waals surface area contributed by atoms with Crippen molar-refractivity contribution >= 4 is 39.2 Å². The van der Waals surface area contributed by atoms with Gasteiger partial charge in [0.25, 0.3) is 10.0 Å². The number of anilines is 2. The molecule has 2 atom stereocenters. The first-order chi connectivity index (χ1) is 19.2. The highest BCUT2D eigenvalue weighted by Gasteiger charge is 2.25. The molecule has 1 aliphatic rings. The number of aromatic nitrogens is 2. The standard InChI is InChI=1S/C29H27N5O4S2/c1-18-14-27(33-38-18)34-40(36,37)25-11-9-24(10-12-25)31-28(35)19(2)39-29-23(17-30)16-22-15-21(8-13-26(22)32-29)20-6-4-3-5-7-20/h3-7,9-12,14,16,19,21H,8,13,15H2,1-2H3,(H,31,35)(H,33,34). The smallest absolute Gasteiger partial charge is 0.263 e. The van der Waals surface area contributed by atoms with Gasteiger partial charge in [0.2, 0.25) is 5.91 Å². The van der Waals surface area contributed by atoms with E-state index in [4.69, 9.17) is 9.51 Å². The minimum absolute atomic E-state index is 0.0139. The average Bonchev–Trinajstić information content (AvgIpc) is 3.36. The van der Waals surface area contributed by atoms with Gasteiger partial charge in [0, 0.05) is 17.4 Å². The Hall–Kier alpha value is -4.14. The number of nitrogens with one attached hydrogen (secondary N) is 2. The predicted molar refractivity (Wildman–Crippen MR) is 153 cm³/mol. The summed E-state index contributed by atoms with van der Waals surface area (Å²) in [5.74, 6) is 0.675. The van der Waals surface area contributed by atoms with Gasteiger partial charge in [0.15, 0.2) is 5.82 Å².